The minimum absolute atomic E-state index is 0.0246. The zero-order chi connectivity index (χ0) is 18.1. The van der Waals surface area contributed by atoms with Crippen LogP contribution in [-0.2, 0) is 17.1 Å². The maximum Gasteiger partial charge on any atom is 0.262 e. The van der Waals surface area contributed by atoms with E-state index in [4.69, 9.17) is 0 Å². The van der Waals surface area contributed by atoms with Crippen LogP contribution in [0.15, 0.2) is 47.9 Å². The first-order chi connectivity index (χ1) is 12.6. The minimum atomic E-state index is -3.57. The molecule has 140 valence electrons. The molecular formula is C19H26N4O2S. The lowest BCUT2D eigenvalue weighted by Gasteiger charge is -2.44. The Balaban J connectivity index is 1.68. The lowest BCUT2D eigenvalue weighted by molar-refractivity contribution is 0.175. The molecule has 1 aromatic carbocycles. The molecule has 0 unspecified atom stereocenters. The second kappa shape index (κ2) is 7.13. The zero-order valence-electron chi connectivity index (χ0n) is 15.1. The molecular weight excluding hydrogens is 348 g/mol. The molecule has 2 aliphatic heterocycles. The van der Waals surface area contributed by atoms with Gasteiger partial charge in [-0.1, -0.05) is 36.8 Å². The number of aromatic nitrogens is 2. The van der Waals surface area contributed by atoms with E-state index in [1.165, 1.54) is 5.56 Å². The summed E-state index contributed by atoms with van der Waals surface area (Å²) in [4.78, 5) is 4.11. The van der Waals surface area contributed by atoms with Crippen molar-refractivity contribution in [3.8, 4) is 0 Å². The first-order valence-corrected chi connectivity index (χ1v) is 10.8. The molecule has 2 saturated heterocycles. The first kappa shape index (κ1) is 17.7. The zero-order valence-corrected chi connectivity index (χ0v) is 15.9. The third kappa shape index (κ3) is 3.19. The van der Waals surface area contributed by atoms with Crippen molar-refractivity contribution in [2.75, 3.05) is 13.1 Å². The number of aryl methyl sites for hydroxylation is 1. The highest BCUT2D eigenvalue weighted by Crippen LogP contribution is 2.37. The number of nitrogens with zero attached hydrogens (tertiary/aromatic N) is 3. The van der Waals surface area contributed by atoms with E-state index in [0.717, 1.165) is 32.2 Å². The van der Waals surface area contributed by atoms with Crippen molar-refractivity contribution in [2.45, 2.75) is 48.7 Å². The fourth-order valence-electron chi connectivity index (χ4n) is 4.42. The normalized spacial score (nSPS) is 27.7. The second-order valence-corrected chi connectivity index (χ2v) is 9.18. The van der Waals surface area contributed by atoms with Crippen LogP contribution in [0.3, 0.4) is 0 Å². The molecule has 0 saturated carbocycles. The van der Waals surface area contributed by atoms with Crippen LogP contribution in [-0.4, -0.2) is 47.4 Å². The molecule has 2 aromatic rings. The smallest absolute Gasteiger partial charge is 0.262 e. The van der Waals surface area contributed by atoms with Crippen molar-refractivity contribution in [3.63, 3.8) is 0 Å². The molecule has 0 bridgehead atoms. The quantitative estimate of drug-likeness (QED) is 0.894. The van der Waals surface area contributed by atoms with Crippen molar-refractivity contribution in [2.24, 2.45) is 7.05 Å². The van der Waals surface area contributed by atoms with Crippen LogP contribution in [0.2, 0.25) is 0 Å². The molecule has 0 spiro atoms. The Morgan fingerprint density at radius 1 is 1.15 bits per heavy atom. The maximum absolute atomic E-state index is 13.2. The maximum atomic E-state index is 13.2. The molecule has 26 heavy (non-hydrogen) atoms. The van der Waals surface area contributed by atoms with Crippen molar-refractivity contribution < 1.29 is 8.42 Å². The van der Waals surface area contributed by atoms with Crippen molar-refractivity contribution in [1.29, 1.82) is 0 Å². The van der Waals surface area contributed by atoms with Gasteiger partial charge in [0.25, 0.3) is 10.0 Å². The van der Waals surface area contributed by atoms with Gasteiger partial charge in [-0.2, -0.15) is 4.31 Å². The van der Waals surface area contributed by atoms with Gasteiger partial charge < -0.3 is 9.88 Å². The van der Waals surface area contributed by atoms with Gasteiger partial charge in [-0.25, -0.2) is 13.4 Å². The summed E-state index contributed by atoms with van der Waals surface area (Å²) in [5.74, 6) is 0.342. The predicted molar refractivity (Wildman–Crippen MR) is 100 cm³/mol. The van der Waals surface area contributed by atoms with Gasteiger partial charge in [0.1, 0.15) is 0 Å². The van der Waals surface area contributed by atoms with Crippen LogP contribution in [0, 0.1) is 0 Å². The molecule has 7 heteroatoms. The Kier molecular flexibility index (Phi) is 4.86. The number of fused-ring (bicyclic) bond motifs is 1. The topological polar surface area (TPSA) is 67.2 Å². The van der Waals surface area contributed by atoms with Gasteiger partial charge in [0.2, 0.25) is 0 Å². The van der Waals surface area contributed by atoms with Gasteiger partial charge in [-0.05, 0) is 31.4 Å². The minimum Gasteiger partial charge on any atom is -0.339 e. The van der Waals surface area contributed by atoms with Gasteiger partial charge in [0.05, 0.1) is 6.33 Å². The number of piperidine rings is 1. The number of nitrogens with one attached hydrogen (secondary N) is 1. The van der Waals surface area contributed by atoms with E-state index in [1.54, 1.807) is 28.4 Å². The van der Waals surface area contributed by atoms with Gasteiger partial charge >= 0.3 is 0 Å². The van der Waals surface area contributed by atoms with Gasteiger partial charge in [-0.3, -0.25) is 0 Å². The lowest BCUT2D eigenvalue weighted by atomic mass is 9.81. The number of sulfonamides is 1. The fourth-order valence-corrected chi connectivity index (χ4v) is 6.08. The number of hydrogen-bond acceptors (Lipinski definition) is 4. The number of imidazole rings is 1. The monoisotopic (exact) mass is 374 g/mol. The number of hydrogen-bond donors (Lipinski definition) is 1. The molecule has 3 atom stereocenters. The summed E-state index contributed by atoms with van der Waals surface area (Å²) < 4.78 is 29.9. The Morgan fingerprint density at radius 2 is 1.96 bits per heavy atom. The summed E-state index contributed by atoms with van der Waals surface area (Å²) in [6.07, 6.45) is 7.00. The van der Waals surface area contributed by atoms with E-state index < -0.39 is 10.0 Å². The van der Waals surface area contributed by atoms with Crippen LogP contribution in [0.25, 0.3) is 0 Å². The summed E-state index contributed by atoms with van der Waals surface area (Å²) in [7, 11) is -1.78. The van der Waals surface area contributed by atoms with Gasteiger partial charge in [0.15, 0.2) is 5.03 Å². The van der Waals surface area contributed by atoms with Crippen molar-refractivity contribution in [3.05, 3.63) is 48.4 Å². The van der Waals surface area contributed by atoms with E-state index in [0.29, 0.717) is 12.5 Å². The lowest BCUT2D eigenvalue weighted by Crippen LogP contribution is -2.58. The molecule has 1 aromatic heterocycles. The van der Waals surface area contributed by atoms with E-state index in [1.807, 2.05) is 6.07 Å². The van der Waals surface area contributed by atoms with Crippen LogP contribution >= 0.6 is 0 Å². The molecule has 4 rings (SSSR count). The standard InChI is InChI=1S/C19H26N4O2S/c1-22-13-18(21-14-22)26(24,25)23-12-10-16(15-7-3-2-4-8-15)19-17(23)9-5-6-11-20-19/h2-4,7-8,13-14,16-17,19-20H,5-6,9-12H2,1H3/t16-,17-,19-/m1/s1. The Hall–Kier alpha value is -1.70. The fraction of sp³-hybridized carbons (Fsp3) is 0.526. The summed E-state index contributed by atoms with van der Waals surface area (Å²) in [5, 5.41) is 3.81. The van der Waals surface area contributed by atoms with E-state index >= 15 is 0 Å². The molecule has 0 radical (unpaired) electrons. The highest BCUT2D eigenvalue weighted by Gasteiger charge is 2.44. The first-order valence-electron chi connectivity index (χ1n) is 9.35. The largest absolute Gasteiger partial charge is 0.339 e. The summed E-state index contributed by atoms with van der Waals surface area (Å²) in [5.41, 5.74) is 1.30. The molecule has 2 aliphatic rings. The SMILES string of the molecule is Cn1cnc(S(=O)(=O)N2CC[C@H](c3ccccc3)[C@H]3NCCCC[C@H]32)c1. The molecule has 1 N–H and O–H groups in total. The van der Waals surface area contributed by atoms with E-state index in [9.17, 15) is 8.42 Å². The van der Waals surface area contributed by atoms with E-state index in [2.05, 4.69) is 34.6 Å². The molecule has 0 aliphatic carbocycles. The van der Waals surface area contributed by atoms with Crippen molar-refractivity contribution >= 4 is 10.0 Å². The van der Waals surface area contributed by atoms with Crippen LogP contribution in [0.1, 0.15) is 37.2 Å². The Bertz CT molecular complexity index is 849. The van der Waals surface area contributed by atoms with Crippen LogP contribution < -0.4 is 5.32 Å². The second-order valence-electron chi connectivity index (χ2n) is 7.34. The number of benzene rings is 1. The van der Waals surface area contributed by atoms with Gasteiger partial charge in [-0.15, -0.1) is 0 Å². The van der Waals surface area contributed by atoms with Crippen molar-refractivity contribution in [1.82, 2.24) is 19.2 Å². The van der Waals surface area contributed by atoms with Gasteiger partial charge in [0, 0.05) is 37.8 Å². The summed E-state index contributed by atoms with van der Waals surface area (Å²) in [6.45, 7) is 1.49. The average Bonchev–Trinajstić information content (AvgIpc) is 2.95. The number of rotatable bonds is 3. The van der Waals surface area contributed by atoms with Crippen LogP contribution in [0.4, 0.5) is 0 Å². The Morgan fingerprint density at radius 3 is 2.69 bits per heavy atom. The molecule has 2 fully saturated rings. The van der Waals surface area contributed by atoms with E-state index in [-0.39, 0.29) is 17.1 Å². The molecule has 6 nitrogen and oxygen atoms in total. The van der Waals surface area contributed by atoms with Crippen LogP contribution in [0.5, 0.6) is 0 Å². The summed E-state index contributed by atoms with van der Waals surface area (Å²) in [6, 6.07) is 10.6. The Labute approximate surface area is 155 Å². The molecule has 3 heterocycles. The third-order valence-corrected chi connectivity index (χ3v) is 7.48. The highest BCUT2D eigenvalue weighted by atomic mass is 32.2. The third-order valence-electron chi connectivity index (χ3n) is 5.67. The predicted octanol–water partition coefficient (Wildman–Crippen LogP) is 2.11. The highest BCUT2D eigenvalue weighted by molar-refractivity contribution is 7.89. The molecule has 0 amide bonds. The summed E-state index contributed by atoms with van der Waals surface area (Å²) >= 11 is 0. The average molecular weight is 375 g/mol.